The first-order chi connectivity index (χ1) is 6.15. The number of esters is 1. The number of fused-ring (bicyclic) bond motifs is 1. The predicted octanol–water partition coefficient (Wildman–Crippen LogP) is 0.372. The van der Waals surface area contributed by atoms with Crippen molar-refractivity contribution in [2.45, 2.75) is 18.9 Å². The topological polar surface area (TPSA) is 66.8 Å². The van der Waals surface area contributed by atoms with Crippen LogP contribution in [0, 0.1) is 11.8 Å². The molecule has 3 atom stereocenters. The van der Waals surface area contributed by atoms with Crippen molar-refractivity contribution in [2.24, 2.45) is 11.8 Å². The van der Waals surface area contributed by atoms with Gasteiger partial charge in [0.25, 0.3) is 0 Å². The number of hydrogen-bond acceptors (Lipinski definition) is 4. The average Bonchev–Trinajstić information content (AvgIpc) is 2.84. The highest BCUT2D eigenvalue weighted by atomic mass is 16.5. The lowest BCUT2D eigenvalue weighted by Crippen LogP contribution is -2.15. The highest BCUT2D eigenvalue weighted by Gasteiger charge is 2.51. The molecular weight excluding hydrogens is 172 g/mol. The maximum Gasteiger partial charge on any atom is 0.373 e. The second-order valence-corrected chi connectivity index (χ2v) is 3.67. The maximum absolute atomic E-state index is 10.9. The van der Waals surface area contributed by atoms with Crippen molar-refractivity contribution in [1.29, 1.82) is 0 Å². The molecule has 0 radical (unpaired) electrons. The highest BCUT2D eigenvalue weighted by molar-refractivity contribution is 5.86. The summed E-state index contributed by atoms with van der Waals surface area (Å²) in [5, 5.41) is 19.0. The Kier molecular flexibility index (Phi) is 1.80. The van der Waals surface area contributed by atoms with E-state index in [2.05, 4.69) is 4.74 Å². The lowest BCUT2D eigenvalue weighted by Gasteiger charge is -2.09. The fourth-order valence-corrected chi connectivity index (χ4v) is 2.02. The van der Waals surface area contributed by atoms with Gasteiger partial charge in [-0.15, -0.1) is 0 Å². The van der Waals surface area contributed by atoms with E-state index in [9.17, 15) is 15.0 Å². The van der Waals surface area contributed by atoms with Crippen LogP contribution in [0.15, 0.2) is 11.3 Å². The summed E-state index contributed by atoms with van der Waals surface area (Å²) in [4.78, 5) is 10.9. The van der Waals surface area contributed by atoms with Gasteiger partial charge in [0.2, 0.25) is 5.76 Å². The largest absolute Gasteiger partial charge is 0.502 e. The second kappa shape index (κ2) is 2.73. The van der Waals surface area contributed by atoms with E-state index in [1.165, 1.54) is 7.11 Å². The number of rotatable bonds is 1. The Hall–Kier alpha value is -1.03. The number of methoxy groups -OCH3 is 1. The smallest absolute Gasteiger partial charge is 0.373 e. The minimum absolute atomic E-state index is 0.266. The first-order valence-corrected chi connectivity index (χ1v) is 4.33. The van der Waals surface area contributed by atoms with Crippen molar-refractivity contribution in [3.05, 3.63) is 11.3 Å². The molecule has 4 nitrogen and oxygen atoms in total. The van der Waals surface area contributed by atoms with Gasteiger partial charge in [-0.05, 0) is 24.7 Å². The van der Waals surface area contributed by atoms with Crippen LogP contribution in [0.2, 0.25) is 0 Å². The Morgan fingerprint density at radius 2 is 2.31 bits per heavy atom. The summed E-state index contributed by atoms with van der Waals surface area (Å²) in [6.45, 7) is 0. The van der Waals surface area contributed by atoms with Crippen molar-refractivity contribution in [3.63, 3.8) is 0 Å². The predicted molar refractivity (Wildman–Crippen MR) is 43.9 cm³/mol. The van der Waals surface area contributed by atoms with Gasteiger partial charge in [-0.25, -0.2) is 4.79 Å². The number of hydrogen-bond donors (Lipinski definition) is 2. The second-order valence-electron chi connectivity index (χ2n) is 3.67. The Morgan fingerprint density at radius 1 is 1.62 bits per heavy atom. The van der Waals surface area contributed by atoms with Crippen LogP contribution in [0.25, 0.3) is 0 Å². The molecule has 2 aliphatic rings. The minimum Gasteiger partial charge on any atom is -0.502 e. The molecule has 2 aliphatic carbocycles. The van der Waals surface area contributed by atoms with Crippen LogP contribution >= 0.6 is 0 Å². The summed E-state index contributed by atoms with van der Waals surface area (Å²) in [7, 11) is 1.21. The SMILES string of the molecule is COC(=O)/C(O)=C1/C[C@@H]2C[C@@H]2C1O. The van der Waals surface area contributed by atoms with E-state index in [4.69, 9.17) is 0 Å². The molecule has 2 saturated carbocycles. The Labute approximate surface area is 75.8 Å². The van der Waals surface area contributed by atoms with Crippen molar-refractivity contribution in [3.8, 4) is 0 Å². The van der Waals surface area contributed by atoms with Crippen LogP contribution in [0.4, 0.5) is 0 Å². The summed E-state index contributed by atoms with van der Waals surface area (Å²) in [6.07, 6.45) is 1.01. The van der Waals surface area contributed by atoms with E-state index >= 15 is 0 Å². The molecule has 72 valence electrons. The van der Waals surface area contributed by atoms with Crippen molar-refractivity contribution < 1.29 is 19.7 Å². The van der Waals surface area contributed by atoms with Crippen LogP contribution in [-0.4, -0.2) is 29.4 Å². The maximum atomic E-state index is 10.9. The summed E-state index contributed by atoms with van der Waals surface area (Å²) >= 11 is 0. The molecule has 0 heterocycles. The van der Waals surface area contributed by atoms with Gasteiger partial charge in [-0.3, -0.25) is 0 Å². The molecule has 1 unspecified atom stereocenters. The van der Waals surface area contributed by atoms with Crippen LogP contribution in [0.3, 0.4) is 0 Å². The third kappa shape index (κ3) is 1.21. The van der Waals surface area contributed by atoms with Gasteiger partial charge in [0.15, 0.2) is 0 Å². The number of carbonyl (C=O) groups is 1. The minimum atomic E-state index is -0.754. The standard InChI is InChI=1S/C9H12O4/c1-13-9(12)8(11)6-3-4-2-5(4)7(6)10/h4-5,7,10-11H,2-3H2,1H3/b8-6+/t4-,5-,7?/m0/s1. The average molecular weight is 184 g/mol. The summed E-state index contributed by atoms with van der Waals surface area (Å²) < 4.78 is 4.36. The first-order valence-electron chi connectivity index (χ1n) is 4.33. The first kappa shape index (κ1) is 8.56. The molecule has 0 aliphatic heterocycles. The van der Waals surface area contributed by atoms with E-state index in [1.54, 1.807) is 0 Å². The lowest BCUT2D eigenvalue weighted by atomic mass is 10.1. The molecule has 0 aromatic rings. The van der Waals surface area contributed by atoms with E-state index in [0.717, 1.165) is 6.42 Å². The zero-order chi connectivity index (χ0) is 9.59. The number of carbonyl (C=O) groups excluding carboxylic acids is 1. The summed E-state index contributed by atoms with van der Waals surface area (Å²) in [6, 6.07) is 0. The molecular formula is C9H12O4. The van der Waals surface area contributed by atoms with Gasteiger partial charge in [-0.1, -0.05) is 0 Å². The Balaban J connectivity index is 2.19. The zero-order valence-electron chi connectivity index (χ0n) is 7.36. The summed E-state index contributed by atoms with van der Waals surface area (Å²) in [5.74, 6) is -0.420. The van der Waals surface area contributed by atoms with Gasteiger partial charge >= 0.3 is 5.97 Å². The lowest BCUT2D eigenvalue weighted by molar-refractivity contribution is -0.139. The highest BCUT2D eigenvalue weighted by Crippen LogP contribution is 2.54. The normalized spacial score (nSPS) is 39.7. The number of ether oxygens (including phenoxy) is 1. The van der Waals surface area contributed by atoms with Crippen molar-refractivity contribution >= 4 is 5.97 Å². The van der Waals surface area contributed by atoms with Gasteiger partial charge in [0.05, 0.1) is 13.2 Å². The van der Waals surface area contributed by atoms with Crippen LogP contribution < -0.4 is 0 Å². The third-order valence-corrected chi connectivity index (χ3v) is 2.90. The van der Waals surface area contributed by atoms with Crippen LogP contribution in [-0.2, 0) is 9.53 Å². The van der Waals surface area contributed by atoms with E-state index in [-0.39, 0.29) is 5.92 Å². The molecule has 4 heteroatoms. The zero-order valence-corrected chi connectivity index (χ0v) is 7.36. The fourth-order valence-electron chi connectivity index (χ4n) is 2.02. The number of aliphatic hydroxyl groups is 2. The summed E-state index contributed by atoms with van der Waals surface area (Å²) in [5.41, 5.74) is 0.452. The van der Waals surface area contributed by atoms with E-state index in [1.807, 2.05) is 0 Å². The quantitative estimate of drug-likeness (QED) is 0.351. The van der Waals surface area contributed by atoms with Gasteiger partial charge in [0.1, 0.15) is 0 Å². The van der Waals surface area contributed by atoms with Crippen LogP contribution in [0.1, 0.15) is 12.8 Å². The Morgan fingerprint density at radius 3 is 2.77 bits per heavy atom. The van der Waals surface area contributed by atoms with Crippen molar-refractivity contribution in [1.82, 2.24) is 0 Å². The molecule has 0 amide bonds. The molecule has 2 rings (SSSR count). The fraction of sp³-hybridized carbons (Fsp3) is 0.667. The molecule has 13 heavy (non-hydrogen) atoms. The van der Waals surface area contributed by atoms with E-state index < -0.39 is 17.8 Å². The van der Waals surface area contributed by atoms with Gasteiger partial charge in [-0.2, -0.15) is 0 Å². The van der Waals surface area contributed by atoms with E-state index in [0.29, 0.717) is 17.9 Å². The Bertz CT molecular complexity index is 281. The molecule has 0 spiro atoms. The van der Waals surface area contributed by atoms with Gasteiger partial charge in [0, 0.05) is 5.57 Å². The molecule has 2 fully saturated rings. The molecule has 0 bridgehead atoms. The number of aliphatic hydroxyl groups excluding tert-OH is 2. The molecule has 0 aromatic heterocycles. The molecule has 0 saturated heterocycles. The molecule has 2 N–H and O–H groups in total. The van der Waals surface area contributed by atoms with Gasteiger partial charge < -0.3 is 14.9 Å². The third-order valence-electron chi connectivity index (χ3n) is 2.90. The van der Waals surface area contributed by atoms with Crippen LogP contribution in [0.5, 0.6) is 0 Å². The molecule has 0 aromatic carbocycles. The van der Waals surface area contributed by atoms with Crippen molar-refractivity contribution in [2.75, 3.05) is 7.11 Å². The monoisotopic (exact) mass is 184 g/mol.